The summed E-state index contributed by atoms with van der Waals surface area (Å²) < 4.78 is 17.0. The third-order valence-electron chi connectivity index (χ3n) is 15.5. The largest absolute Gasteiger partial charge is 0.462 e. The molecule has 0 N–H and O–H groups in total. The zero-order chi connectivity index (χ0) is 59.9. The first kappa shape index (κ1) is 79.3. The number of carbonyl (C=O) groups is 3. The lowest BCUT2D eigenvalue weighted by molar-refractivity contribution is -0.167. The van der Waals surface area contributed by atoms with Crippen molar-refractivity contribution < 1.29 is 28.6 Å². The topological polar surface area (TPSA) is 78.9 Å². The summed E-state index contributed by atoms with van der Waals surface area (Å²) in [5, 5.41) is 0. The molecule has 6 heteroatoms. The fourth-order valence-electron chi connectivity index (χ4n) is 10.2. The molecule has 0 radical (unpaired) electrons. The predicted molar refractivity (Wildman–Crippen MR) is 362 cm³/mol. The average molecular weight is 1160 g/mol. The molecule has 0 fully saturated rings. The van der Waals surface area contributed by atoms with Crippen LogP contribution in [0.1, 0.15) is 355 Å². The summed E-state index contributed by atoms with van der Waals surface area (Å²) in [6.07, 6.45) is 95.6. The van der Waals surface area contributed by atoms with Gasteiger partial charge in [-0.05, 0) is 122 Å². The third-order valence-corrected chi connectivity index (χ3v) is 15.5. The van der Waals surface area contributed by atoms with Crippen molar-refractivity contribution in [2.45, 2.75) is 361 Å². The predicted octanol–water partition coefficient (Wildman–Crippen LogP) is 24.8. The van der Waals surface area contributed by atoms with Crippen LogP contribution in [0, 0.1) is 0 Å². The van der Waals surface area contributed by atoms with E-state index in [0.29, 0.717) is 19.3 Å². The molecule has 1 unspecified atom stereocenters. The molecule has 478 valence electrons. The highest BCUT2D eigenvalue weighted by molar-refractivity contribution is 5.71. The van der Waals surface area contributed by atoms with Gasteiger partial charge in [0.25, 0.3) is 0 Å². The quantitative estimate of drug-likeness (QED) is 0.0261. The first-order valence-electron chi connectivity index (χ1n) is 35.7. The highest BCUT2D eigenvalue weighted by Crippen LogP contribution is 2.17. The van der Waals surface area contributed by atoms with Gasteiger partial charge >= 0.3 is 17.9 Å². The molecule has 6 nitrogen and oxygen atoms in total. The summed E-state index contributed by atoms with van der Waals surface area (Å²) in [7, 11) is 0. The normalized spacial score (nSPS) is 12.7. The number of ether oxygens (including phenoxy) is 3. The van der Waals surface area contributed by atoms with Gasteiger partial charge in [0, 0.05) is 19.3 Å². The van der Waals surface area contributed by atoms with Crippen molar-refractivity contribution in [3.05, 3.63) is 97.2 Å². The van der Waals surface area contributed by atoms with Gasteiger partial charge in [0.05, 0.1) is 0 Å². The maximum absolute atomic E-state index is 13.0. The summed E-state index contributed by atoms with van der Waals surface area (Å²) in [5.74, 6) is -0.875. The van der Waals surface area contributed by atoms with E-state index in [9.17, 15) is 14.4 Å². The molecule has 0 bridgehead atoms. The number of rotatable bonds is 65. The van der Waals surface area contributed by atoms with Gasteiger partial charge in [0.2, 0.25) is 0 Å². The molecule has 0 aliphatic heterocycles. The zero-order valence-electron chi connectivity index (χ0n) is 54.9. The Bertz CT molecular complexity index is 1610. The standard InChI is InChI=1S/C77H134O6/c1-4-7-10-13-16-19-22-25-28-31-34-36-37-38-39-41-43-46-49-52-55-58-61-64-67-70-76(79)82-73-74(72-81-75(78)69-66-63-60-57-54-51-48-45-42-33-30-27-24-21-18-15-12-9-6-3)83-77(80)71-68-65-62-59-56-53-50-47-44-40-35-32-29-26-23-20-17-14-11-8-5-2/h7,10,16,18-19,21,25,27-28,30,32,34-36,38-39,74H,4-6,8-9,11-15,17,20,22-24,26,29,31,33,37,40-73H2,1-3H3/b10-7-,19-16-,21-18-,28-25-,30-27-,35-32-,36-34-,39-38-. The molecule has 0 saturated heterocycles. The van der Waals surface area contributed by atoms with Crippen LogP contribution >= 0.6 is 0 Å². The van der Waals surface area contributed by atoms with Gasteiger partial charge in [0.1, 0.15) is 13.2 Å². The van der Waals surface area contributed by atoms with Gasteiger partial charge in [-0.2, -0.15) is 0 Å². The first-order chi connectivity index (χ1) is 41.0. The molecule has 83 heavy (non-hydrogen) atoms. The number of hydrogen-bond acceptors (Lipinski definition) is 6. The molecule has 0 spiro atoms. The maximum Gasteiger partial charge on any atom is 0.306 e. The summed E-state index contributed by atoms with van der Waals surface area (Å²) in [4.78, 5) is 38.5. The van der Waals surface area contributed by atoms with Crippen molar-refractivity contribution in [1.82, 2.24) is 0 Å². The van der Waals surface area contributed by atoms with Gasteiger partial charge < -0.3 is 14.2 Å². The third kappa shape index (κ3) is 69.0. The smallest absolute Gasteiger partial charge is 0.306 e. The molecule has 0 amide bonds. The number of allylic oxidation sites excluding steroid dienone is 16. The Morgan fingerprint density at radius 2 is 0.470 bits per heavy atom. The monoisotopic (exact) mass is 1160 g/mol. The second-order valence-electron chi connectivity index (χ2n) is 23.8. The summed E-state index contributed by atoms with van der Waals surface area (Å²) in [6.45, 7) is 6.54. The second-order valence-corrected chi connectivity index (χ2v) is 23.8. The van der Waals surface area contributed by atoms with E-state index < -0.39 is 6.10 Å². The maximum atomic E-state index is 13.0. The van der Waals surface area contributed by atoms with Crippen molar-refractivity contribution in [3.8, 4) is 0 Å². The lowest BCUT2D eigenvalue weighted by atomic mass is 10.1. The van der Waals surface area contributed by atoms with Crippen molar-refractivity contribution >= 4 is 17.9 Å². The van der Waals surface area contributed by atoms with E-state index in [0.717, 1.165) is 103 Å². The molecule has 0 aromatic heterocycles. The van der Waals surface area contributed by atoms with Crippen LogP contribution in [-0.2, 0) is 28.6 Å². The highest BCUT2D eigenvalue weighted by Gasteiger charge is 2.19. The van der Waals surface area contributed by atoms with Crippen LogP contribution in [0.2, 0.25) is 0 Å². The second kappa shape index (κ2) is 70.8. The molecular weight excluding hydrogens is 1020 g/mol. The lowest BCUT2D eigenvalue weighted by Crippen LogP contribution is -2.30. The van der Waals surface area contributed by atoms with E-state index in [1.165, 1.54) is 212 Å². The van der Waals surface area contributed by atoms with Crippen LogP contribution in [0.3, 0.4) is 0 Å². The van der Waals surface area contributed by atoms with E-state index in [1.54, 1.807) is 0 Å². The van der Waals surface area contributed by atoms with E-state index in [2.05, 4.69) is 118 Å². The number of hydrogen-bond donors (Lipinski definition) is 0. The van der Waals surface area contributed by atoms with E-state index in [1.807, 2.05) is 0 Å². The minimum absolute atomic E-state index is 0.0806. The summed E-state index contributed by atoms with van der Waals surface area (Å²) in [5.41, 5.74) is 0. The Hall–Kier alpha value is -3.67. The number of esters is 3. The molecule has 0 saturated carbocycles. The van der Waals surface area contributed by atoms with Crippen LogP contribution in [0.25, 0.3) is 0 Å². The Kier molecular flexibility index (Phi) is 67.7. The van der Waals surface area contributed by atoms with Gasteiger partial charge in [-0.25, -0.2) is 0 Å². The Morgan fingerprint density at radius 3 is 0.771 bits per heavy atom. The molecule has 1 atom stereocenters. The Balaban J connectivity index is 4.38. The van der Waals surface area contributed by atoms with Crippen molar-refractivity contribution in [3.63, 3.8) is 0 Å². The molecule has 0 heterocycles. The van der Waals surface area contributed by atoms with Crippen molar-refractivity contribution in [1.29, 1.82) is 0 Å². The van der Waals surface area contributed by atoms with Gasteiger partial charge in [-0.3, -0.25) is 14.4 Å². The zero-order valence-corrected chi connectivity index (χ0v) is 54.9. The molecular formula is C77H134O6. The SMILES string of the molecule is CC/C=C\C/C=C\C/C=C\C/C=C\C/C=C\CCCCCCCCCCCC(=O)OCC(COC(=O)CCCCCCCCCCC/C=C\C/C=C\CCCCC)OC(=O)CCCCCCCCCCC/C=C\CCCCCCCCCC. The molecule has 0 aliphatic rings. The fraction of sp³-hybridized carbons (Fsp3) is 0.753. The van der Waals surface area contributed by atoms with E-state index in [4.69, 9.17) is 14.2 Å². The van der Waals surface area contributed by atoms with Crippen LogP contribution in [0.15, 0.2) is 97.2 Å². The van der Waals surface area contributed by atoms with Gasteiger partial charge in [0.15, 0.2) is 6.10 Å². The van der Waals surface area contributed by atoms with Crippen LogP contribution in [0.5, 0.6) is 0 Å². The van der Waals surface area contributed by atoms with E-state index >= 15 is 0 Å². The van der Waals surface area contributed by atoms with Crippen LogP contribution in [0.4, 0.5) is 0 Å². The fourth-order valence-corrected chi connectivity index (χ4v) is 10.2. The molecule has 0 aromatic carbocycles. The Morgan fingerprint density at radius 1 is 0.253 bits per heavy atom. The minimum Gasteiger partial charge on any atom is -0.462 e. The minimum atomic E-state index is -0.786. The highest BCUT2D eigenvalue weighted by atomic mass is 16.6. The van der Waals surface area contributed by atoms with E-state index in [-0.39, 0.29) is 31.1 Å². The molecule has 0 aliphatic carbocycles. The Labute approximate surface area is 515 Å². The summed E-state index contributed by atoms with van der Waals surface area (Å²) >= 11 is 0. The van der Waals surface area contributed by atoms with Crippen LogP contribution < -0.4 is 0 Å². The average Bonchev–Trinajstić information content (AvgIpc) is 3.50. The number of unbranched alkanes of at least 4 members (excludes halogenated alkanes) is 38. The molecule has 0 aromatic rings. The summed E-state index contributed by atoms with van der Waals surface area (Å²) in [6, 6.07) is 0. The first-order valence-corrected chi connectivity index (χ1v) is 35.7. The lowest BCUT2D eigenvalue weighted by Gasteiger charge is -2.18. The van der Waals surface area contributed by atoms with Crippen LogP contribution in [-0.4, -0.2) is 37.2 Å². The molecule has 0 rings (SSSR count). The van der Waals surface area contributed by atoms with Crippen molar-refractivity contribution in [2.24, 2.45) is 0 Å². The van der Waals surface area contributed by atoms with Gasteiger partial charge in [-0.15, -0.1) is 0 Å². The number of carbonyl (C=O) groups excluding carboxylic acids is 3. The van der Waals surface area contributed by atoms with Gasteiger partial charge in [-0.1, -0.05) is 311 Å². The van der Waals surface area contributed by atoms with Crippen molar-refractivity contribution in [2.75, 3.05) is 13.2 Å².